The summed E-state index contributed by atoms with van der Waals surface area (Å²) < 4.78 is 32.5. The van der Waals surface area contributed by atoms with E-state index in [-0.39, 0.29) is 11.7 Å². The Labute approximate surface area is 117 Å². The number of halogens is 2. The molecule has 2 nitrogen and oxygen atoms in total. The molecular weight excluding hydrogens is 260 g/mol. The molecule has 3 fully saturated rings. The first kappa shape index (κ1) is 12.7. The second-order valence-corrected chi connectivity index (χ2v) is 6.37. The van der Waals surface area contributed by atoms with E-state index in [1.165, 1.54) is 6.07 Å². The first-order chi connectivity index (χ1) is 9.70. The van der Waals surface area contributed by atoms with Crippen LogP contribution in [0.2, 0.25) is 0 Å². The summed E-state index contributed by atoms with van der Waals surface area (Å²) in [4.78, 5) is 2.57. The van der Waals surface area contributed by atoms with E-state index in [2.05, 4.69) is 4.90 Å². The maximum absolute atomic E-state index is 13.9. The van der Waals surface area contributed by atoms with Crippen LogP contribution in [-0.2, 0) is 4.74 Å². The molecule has 1 aliphatic carbocycles. The first-order valence-electron chi connectivity index (χ1n) is 7.53. The van der Waals surface area contributed by atoms with Crippen molar-refractivity contribution in [1.29, 1.82) is 0 Å². The van der Waals surface area contributed by atoms with Crippen LogP contribution in [0, 0.1) is 11.6 Å². The normalized spacial score (nSPS) is 36.9. The predicted octanol–water partition coefficient (Wildman–Crippen LogP) is 3.07. The van der Waals surface area contributed by atoms with Crippen molar-refractivity contribution < 1.29 is 13.5 Å². The van der Waals surface area contributed by atoms with Gasteiger partial charge < -0.3 is 4.74 Å². The Bertz CT molecular complexity index is 521. The Morgan fingerprint density at radius 3 is 2.70 bits per heavy atom. The number of fused-ring (bicyclic) bond motifs is 2. The largest absolute Gasteiger partial charge is 0.375 e. The van der Waals surface area contributed by atoms with E-state index in [1.807, 2.05) is 0 Å². The van der Waals surface area contributed by atoms with Crippen LogP contribution in [0.15, 0.2) is 18.2 Å². The van der Waals surface area contributed by atoms with Gasteiger partial charge in [0.2, 0.25) is 0 Å². The lowest BCUT2D eigenvalue weighted by Gasteiger charge is -2.32. The molecule has 2 heterocycles. The van der Waals surface area contributed by atoms with Crippen molar-refractivity contribution in [3.63, 3.8) is 0 Å². The molecule has 0 radical (unpaired) electrons. The van der Waals surface area contributed by atoms with Gasteiger partial charge in [-0.3, -0.25) is 4.90 Å². The van der Waals surface area contributed by atoms with Crippen LogP contribution in [-0.4, -0.2) is 36.2 Å². The number of hydrogen-bond donors (Lipinski definition) is 0. The molecule has 0 aromatic heterocycles. The fourth-order valence-electron chi connectivity index (χ4n) is 4.25. The number of benzene rings is 1. The zero-order valence-electron chi connectivity index (χ0n) is 11.4. The SMILES string of the molecule is Fc1ccc([C@H]2CC[C@H](N3C[C@@H]4C[C@H]3CO4)C2)c(F)c1. The van der Waals surface area contributed by atoms with E-state index in [0.717, 1.165) is 44.9 Å². The van der Waals surface area contributed by atoms with Crippen molar-refractivity contribution in [2.75, 3.05) is 13.2 Å². The Morgan fingerprint density at radius 2 is 2.00 bits per heavy atom. The van der Waals surface area contributed by atoms with Gasteiger partial charge in [-0.15, -0.1) is 0 Å². The second-order valence-electron chi connectivity index (χ2n) is 6.37. The molecular formula is C16H19F2NO. The van der Waals surface area contributed by atoms with E-state index >= 15 is 0 Å². The van der Waals surface area contributed by atoms with E-state index < -0.39 is 5.82 Å². The smallest absolute Gasteiger partial charge is 0.129 e. The molecule has 1 aromatic rings. The Kier molecular flexibility index (Phi) is 3.04. The number of morpholine rings is 1. The van der Waals surface area contributed by atoms with E-state index in [9.17, 15) is 8.78 Å². The molecule has 20 heavy (non-hydrogen) atoms. The quantitative estimate of drug-likeness (QED) is 0.825. The lowest BCUT2D eigenvalue weighted by molar-refractivity contribution is 0.0123. The number of hydrogen-bond acceptors (Lipinski definition) is 2. The van der Waals surface area contributed by atoms with Crippen LogP contribution < -0.4 is 0 Å². The molecule has 0 unspecified atom stereocenters. The van der Waals surface area contributed by atoms with Crippen LogP contribution in [0.1, 0.15) is 37.2 Å². The average molecular weight is 279 g/mol. The number of likely N-dealkylation sites (tertiary alicyclic amines) is 1. The van der Waals surface area contributed by atoms with Crippen molar-refractivity contribution in [2.45, 2.75) is 49.8 Å². The maximum Gasteiger partial charge on any atom is 0.129 e. The monoisotopic (exact) mass is 279 g/mol. The van der Waals surface area contributed by atoms with Crippen LogP contribution in [0.25, 0.3) is 0 Å². The van der Waals surface area contributed by atoms with Crippen LogP contribution >= 0.6 is 0 Å². The minimum Gasteiger partial charge on any atom is -0.375 e. The Morgan fingerprint density at radius 1 is 1.10 bits per heavy atom. The Hall–Kier alpha value is -1.00. The zero-order valence-corrected chi connectivity index (χ0v) is 11.4. The van der Waals surface area contributed by atoms with E-state index in [0.29, 0.717) is 23.8 Å². The predicted molar refractivity (Wildman–Crippen MR) is 71.6 cm³/mol. The van der Waals surface area contributed by atoms with Gasteiger partial charge in [-0.25, -0.2) is 8.78 Å². The molecule has 1 aromatic carbocycles. The van der Waals surface area contributed by atoms with Gasteiger partial charge in [-0.05, 0) is 43.2 Å². The summed E-state index contributed by atoms with van der Waals surface area (Å²) in [6.07, 6.45) is 4.69. The summed E-state index contributed by atoms with van der Waals surface area (Å²) in [5, 5.41) is 0. The fourth-order valence-corrected chi connectivity index (χ4v) is 4.25. The number of rotatable bonds is 2. The highest BCUT2D eigenvalue weighted by Crippen LogP contribution is 2.41. The zero-order chi connectivity index (χ0) is 13.7. The molecule has 0 spiro atoms. The summed E-state index contributed by atoms with van der Waals surface area (Å²) in [5.41, 5.74) is 0.689. The molecule has 4 rings (SSSR count). The summed E-state index contributed by atoms with van der Waals surface area (Å²) >= 11 is 0. The fraction of sp³-hybridized carbons (Fsp3) is 0.625. The van der Waals surface area contributed by atoms with Gasteiger partial charge in [0.1, 0.15) is 11.6 Å². The summed E-state index contributed by atoms with van der Waals surface area (Å²) in [6.45, 7) is 1.89. The molecule has 108 valence electrons. The average Bonchev–Trinajstić information content (AvgIpc) is 3.14. The first-order valence-corrected chi connectivity index (χ1v) is 7.53. The van der Waals surface area contributed by atoms with Gasteiger partial charge in [0.25, 0.3) is 0 Å². The van der Waals surface area contributed by atoms with E-state index in [4.69, 9.17) is 4.74 Å². The molecule has 2 aliphatic heterocycles. The number of nitrogens with zero attached hydrogens (tertiary/aromatic N) is 1. The van der Waals surface area contributed by atoms with E-state index in [1.54, 1.807) is 6.07 Å². The molecule has 2 bridgehead atoms. The highest BCUT2D eigenvalue weighted by atomic mass is 19.1. The summed E-state index contributed by atoms with van der Waals surface area (Å²) in [6, 6.07) is 5.12. The number of ether oxygens (including phenoxy) is 1. The van der Waals surface area contributed by atoms with Gasteiger partial charge in [0.05, 0.1) is 12.7 Å². The highest BCUT2D eigenvalue weighted by molar-refractivity contribution is 5.24. The second kappa shape index (κ2) is 4.78. The molecule has 4 heteroatoms. The molecule has 3 aliphatic rings. The van der Waals surface area contributed by atoms with Gasteiger partial charge in [-0.2, -0.15) is 0 Å². The third kappa shape index (κ3) is 2.06. The Balaban J connectivity index is 1.48. The summed E-state index contributed by atoms with van der Waals surface area (Å²) in [7, 11) is 0. The standard InChI is InChI=1S/C16H19F2NO/c17-11-2-4-15(16(18)6-11)10-1-3-12(5-10)19-8-14-7-13(19)9-20-14/h2,4,6,10,12-14H,1,3,5,7-9H2/t10-,12-,13-,14-/m0/s1. The van der Waals surface area contributed by atoms with Crippen molar-refractivity contribution in [3.05, 3.63) is 35.4 Å². The van der Waals surface area contributed by atoms with Crippen LogP contribution in [0.4, 0.5) is 8.78 Å². The van der Waals surface area contributed by atoms with Gasteiger partial charge in [-0.1, -0.05) is 6.07 Å². The summed E-state index contributed by atoms with van der Waals surface area (Å²) in [5.74, 6) is -0.641. The lowest BCUT2D eigenvalue weighted by atomic mass is 9.96. The lowest BCUT2D eigenvalue weighted by Crippen LogP contribution is -2.43. The minimum atomic E-state index is -0.491. The molecule has 2 saturated heterocycles. The third-order valence-electron chi connectivity index (χ3n) is 5.22. The van der Waals surface area contributed by atoms with Gasteiger partial charge >= 0.3 is 0 Å². The molecule has 0 N–H and O–H groups in total. The van der Waals surface area contributed by atoms with Crippen LogP contribution in [0.3, 0.4) is 0 Å². The van der Waals surface area contributed by atoms with Crippen molar-refractivity contribution in [1.82, 2.24) is 4.90 Å². The van der Waals surface area contributed by atoms with Crippen molar-refractivity contribution in [2.24, 2.45) is 0 Å². The molecule has 1 saturated carbocycles. The molecule has 0 amide bonds. The van der Waals surface area contributed by atoms with Gasteiger partial charge in [0, 0.05) is 24.7 Å². The third-order valence-corrected chi connectivity index (χ3v) is 5.22. The van der Waals surface area contributed by atoms with Crippen molar-refractivity contribution in [3.8, 4) is 0 Å². The minimum absolute atomic E-state index is 0.237. The molecule has 4 atom stereocenters. The topological polar surface area (TPSA) is 12.5 Å². The van der Waals surface area contributed by atoms with Crippen molar-refractivity contribution >= 4 is 0 Å². The van der Waals surface area contributed by atoms with Gasteiger partial charge in [0.15, 0.2) is 0 Å². The van der Waals surface area contributed by atoms with Crippen LogP contribution in [0.5, 0.6) is 0 Å². The highest BCUT2D eigenvalue weighted by Gasteiger charge is 2.44. The maximum atomic E-state index is 13.9.